The normalized spacial score (nSPS) is 10.5. The van der Waals surface area contributed by atoms with Crippen molar-refractivity contribution in [2.24, 2.45) is 0 Å². The average molecular weight is 325 g/mol. The van der Waals surface area contributed by atoms with Gasteiger partial charge in [-0.05, 0) is 30.2 Å². The smallest absolute Gasteiger partial charge is 0.116 e. The number of thioether (sulfide) groups is 1. The summed E-state index contributed by atoms with van der Waals surface area (Å²) in [6.07, 6.45) is 2.90. The number of nitrogens with zero attached hydrogens (tertiary/aromatic N) is 2. The molecule has 0 unspecified atom stereocenters. The number of benzene rings is 1. The van der Waals surface area contributed by atoms with Gasteiger partial charge >= 0.3 is 0 Å². The Hall–Kier alpha value is -2.03. The number of hydrogen-bond acceptors (Lipinski definition) is 5. The number of para-hydroxylation sites is 1. The summed E-state index contributed by atoms with van der Waals surface area (Å²) < 4.78 is 0. The summed E-state index contributed by atoms with van der Waals surface area (Å²) in [5, 5.41) is 16.9. The molecule has 1 aromatic carbocycles. The highest BCUT2D eigenvalue weighted by Gasteiger charge is 2.14. The van der Waals surface area contributed by atoms with Crippen LogP contribution in [0.4, 0.5) is 5.69 Å². The van der Waals surface area contributed by atoms with Gasteiger partial charge < -0.3 is 5.32 Å². The zero-order valence-corrected chi connectivity index (χ0v) is 13.8. The highest BCUT2D eigenvalue weighted by Crippen LogP contribution is 2.32. The summed E-state index contributed by atoms with van der Waals surface area (Å²) in [7, 11) is 0. The van der Waals surface area contributed by atoms with Gasteiger partial charge in [-0.2, -0.15) is 5.26 Å². The van der Waals surface area contributed by atoms with Crippen molar-refractivity contribution in [3.8, 4) is 6.07 Å². The molecule has 0 spiro atoms. The summed E-state index contributed by atoms with van der Waals surface area (Å²) in [4.78, 5) is 5.93. The second-order valence-corrected chi connectivity index (χ2v) is 6.58. The van der Waals surface area contributed by atoms with E-state index in [0.29, 0.717) is 5.56 Å². The molecular formula is C17H15N3S2. The minimum atomic E-state index is 0.636. The largest absolute Gasteiger partial charge is 0.383 e. The molecule has 0 fully saturated rings. The average Bonchev–Trinajstić information content (AvgIpc) is 3.07. The van der Waals surface area contributed by atoms with Crippen LogP contribution in [0.5, 0.6) is 0 Å². The van der Waals surface area contributed by atoms with Crippen LogP contribution in [-0.2, 0) is 6.42 Å². The van der Waals surface area contributed by atoms with Crippen molar-refractivity contribution in [2.45, 2.75) is 11.4 Å². The summed E-state index contributed by atoms with van der Waals surface area (Å²) in [5.41, 5.74) is 2.45. The zero-order chi connectivity index (χ0) is 15.4. The van der Waals surface area contributed by atoms with Crippen molar-refractivity contribution in [3.63, 3.8) is 0 Å². The van der Waals surface area contributed by atoms with Gasteiger partial charge in [0.2, 0.25) is 0 Å². The fourth-order valence-electron chi connectivity index (χ4n) is 2.39. The Balaban J connectivity index is 1.96. The zero-order valence-electron chi connectivity index (χ0n) is 12.2. The molecule has 5 heteroatoms. The lowest BCUT2D eigenvalue weighted by Crippen LogP contribution is -2.07. The Morgan fingerprint density at radius 1 is 1.27 bits per heavy atom. The number of thiophene rings is 1. The minimum absolute atomic E-state index is 0.636. The molecule has 0 atom stereocenters. The van der Waals surface area contributed by atoms with Crippen molar-refractivity contribution in [3.05, 3.63) is 52.2 Å². The molecule has 1 N–H and O–H groups in total. The summed E-state index contributed by atoms with van der Waals surface area (Å²) >= 11 is 3.27. The standard InChI is InChI=1S/C17H15N3S2/c1-21-17-14(11-18)16(13-6-2-3-7-15(13)20-17)19-9-8-12-5-4-10-22-12/h2-7,10H,8-9H2,1H3,(H,19,20). The first-order valence-corrected chi connectivity index (χ1v) is 9.07. The number of aromatic nitrogens is 1. The minimum Gasteiger partial charge on any atom is -0.383 e. The van der Waals surface area contributed by atoms with E-state index in [1.54, 1.807) is 11.3 Å². The first kappa shape index (κ1) is 14.9. The predicted octanol–water partition coefficient (Wildman–Crippen LogP) is 4.54. The van der Waals surface area contributed by atoms with Crippen LogP contribution in [0.3, 0.4) is 0 Å². The monoisotopic (exact) mass is 325 g/mol. The lowest BCUT2D eigenvalue weighted by atomic mass is 10.1. The molecule has 2 aromatic heterocycles. The molecule has 0 amide bonds. The number of pyridine rings is 1. The maximum atomic E-state index is 9.53. The third-order valence-corrected chi connectivity index (χ3v) is 5.04. The Morgan fingerprint density at radius 3 is 2.86 bits per heavy atom. The van der Waals surface area contributed by atoms with E-state index in [9.17, 15) is 5.26 Å². The van der Waals surface area contributed by atoms with E-state index < -0.39 is 0 Å². The van der Waals surface area contributed by atoms with Crippen LogP contribution in [0.15, 0.2) is 46.8 Å². The number of hydrogen-bond donors (Lipinski definition) is 1. The van der Waals surface area contributed by atoms with Crippen LogP contribution in [-0.4, -0.2) is 17.8 Å². The van der Waals surface area contributed by atoms with Gasteiger partial charge in [-0.3, -0.25) is 0 Å². The molecule has 2 heterocycles. The van der Waals surface area contributed by atoms with Crippen LogP contribution in [0.2, 0.25) is 0 Å². The van der Waals surface area contributed by atoms with E-state index in [1.165, 1.54) is 16.6 Å². The number of anilines is 1. The van der Waals surface area contributed by atoms with E-state index >= 15 is 0 Å². The van der Waals surface area contributed by atoms with Crippen LogP contribution in [0, 0.1) is 11.3 Å². The first-order chi connectivity index (χ1) is 10.8. The van der Waals surface area contributed by atoms with Gasteiger partial charge in [0, 0.05) is 16.8 Å². The van der Waals surface area contributed by atoms with E-state index in [1.807, 2.05) is 30.5 Å². The molecule has 3 nitrogen and oxygen atoms in total. The molecular weight excluding hydrogens is 310 g/mol. The van der Waals surface area contributed by atoms with Crippen molar-refractivity contribution in [1.82, 2.24) is 4.98 Å². The van der Waals surface area contributed by atoms with Crippen molar-refractivity contribution >= 4 is 39.7 Å². The molecule has 22 heavy (non-hydrogen) atoms. The van der Waals surface area contributed by atoms with Gasteiger partial charge in [-0.25, -0.2) is 4.98 Å². The second kappa shape index (κ2) is 6.82. The lowest BCUT2D eigenvalue weighted by molar-refractivity contribution is 1.04. The molecule has 0 saturated heterocycles. The van der Waals surface area contributed by atoms with Gasteiger partial charge in [0.1, 0.15) is 16.7 Å². The van der Waals surface area contributed by atoms with Gasteiger partial charge in [0.15, 0.2) is 0 Å². The van der Waals surface area contributed by atoms with Gasteiger partial charge in [0.05, 0.1) is 11.2 Å². The van der Waals surface area contributed by atoms with Crippen molar-refractivity contribution in [2.75, 3.05) is 18.1 Å². The van der Waals surface area contributed by atoms with Crippen LogP contribution < -0.4 is 5.32 Å². The second-order valence-electron chi connectivity index (χ2n) is 4.76. The van der Waals surface area contributed by atoms with Crippen LogP contribution in [0.25, 0.3) is 10.9 Å². The molecule has 0 bridgehead atoms. The highest BCUT2D eigenvalue weighted by molar-refractivity contribution is 7.98. The van der Waals surface area contributed by atoms with E-state index in [0.717, 1.165) is 34.6 Å². The number of rotatable bonds is 5. The summed E-state index contributed by atoms with van der Waals surface area (Å²) in [5.74, 6) is 0. The van der Waals surface area contributed by atoms with Crippen molar-refractivity contribution in [1.29, 1.82) is 5.26 Å². The lowest BCUT2D eigenvalue weighted by Gasteiger charge is -2.13. The summed E-state index contributed by atoms with van der Waals surface area (Å²) in [6, 6.07) is 14.5. The molecule has 110 valence electrons. The first-order valence-electron chi connectivity index (χ1n) is 6.96. The van der Waals surface area contributed by atoms with Gasteiger partial charge in [0.25, 0.3) is 0 Å². The Kier molecular flexibility index (Phi) is 4.62. The summed E-state index contributed by atoms with van der Waals surface area (Å²) in [6.45, 7) is 0.803. The fourth-order valence-corrected chi connectivity index (χ4v) is 3.64. The molecule has 0 aliphatic rings. The molecule has 0 radical (unpaired) electrons. The Labute approximate surface area is 138 Å². The SMILES string of the molecule is CSc1nc2ccccc2c(NCCc2cccs2)c1C#N. The Bertz CT molecular complexity index is 820. The van der Waals surface area contributed by atoms with Gasteiger partial charge in [-0.1, -0.05) is 24.3 Å². The number of nitriles is 1. The maximum Gasteiger partial charge on any atom is 0.116 e. The molecule has 3 rings (SSSR count). The molecule has 0 saturated carbocycles. The topological polar surface area (TPSA) is 48.7 Å². The van der Waals surface area contributed by atoms with E-state index in [2.05, 4.69) is 33.9 Å². The maximum absolute atomic E-state index is 9.53. The van der Waals surface area contributed by atoms with E-state index in [-0.39, 0.29) is 0 Å². The molecule has 3 aromatic rings. The van der Waals surface area contributed by atoms with Crippen molar-refractivity contribution < 1.29 is 0 Å². The number of nitrogens with one attached hydrogen (secondary N) is 1. The predicted molar refractivity (Wildman–Crippen MR) is 94.8 cm³/mol. The van der Waals surface area contributed by atoms with E-state index in [4.69, 9.17) is 0 Å². The molecule has 0 aliphatic carbocycles. The van der Waals surface area contributed by atoms with Crippen LogP contribution in [0.1, 0.15) is 10.4 Å². The van der Waals surface area contributed by atoms with Gasteiger partial charge in [-0.15, -0.1) is 23.1 Å². The molecule has 0 aliphatic heterocycles. The third kappa shape index (κ3) is 2.94. The Morgan fingerprint density at radius 2 is 2.14 bits per heavy atom. The third-order valence-electron chi connectivity index (χ3n) is 3.42. The fraction of sp³-hybridized carbons (Fsp3) is 0.176. The quantitative estimate of drug-likeness (QED) is 0.699. The van der Waals surface area contributed by atoms with Crippen LogP contribution >= 0.6 is 23.1 Å². The highest BCUT2D eigenvalue weighted by atomic mass is 32.2. The number of fused-ring (bicyclic) bond motifs is 1.